The fraction of sp³-hybridized carbons (Fsp3) is 0.762. The number of hydrogen-bond donors (Lipinski definition) is 7. The average molecular weight is 506 g/mol. The van der Waals surface area contributed by atoms with Gasteiger partial charge >= 0.3 is 11.9 Å². The number of rotatable bonds is 18. The molecule has 0 spiro atoms. The maximum Gasteiger partial charge on any atom is 0.326 e. The SMILES string of the molecule is CSCCC(N)C(=O)NC(CCC(=O)O)C(=O)NC(CCCCN)C(=O)NC(C(=O)O)C(C)C. The first-order valence-corrected chi connectivity index (χ1v) is 12.6. The van der Waals surface area contributed by atoms with Crippen molar-refractivity contribution in [2.45, 2.75) is 76.5 Å². The Balaban J connectivity index is 5.52. The fourth-order valence-electron chi connectivity index (χ4n) is 2.99. The first-order chi connectivity index (χ1) is 15.9. The molecule has 0 rings (SSSR count). The third kappa shape index (κ3) is 12.8. The molecule has 4 unspecified atom stereocenters. The number of carboxylic acid groups (broad SMARTS) is 2. The van der Waals surface area contributed by atoms with E-state index in [2.05, 4.69) is 16.0 Å². The van der Waals surface area contributed by atoms with Crippen LogP contribution in [0.15, 0.2) is 0 Å². The molecule has 196 valence electrons. The molecule has 12 nitrogen and oxygen atoms in total. The normalized spacial score (nSPS) is 14.5. The summed E-state index contributed by atoms with van der Waals surface area (Å²) in [6.45, 7) is 3.65. The molecule has 4 atom stereocenters. The van der Waals surface area contributed by atoms with Crippen LogP contribution in [0.25, 0.3) is 0 Å². The van der Waals surface area contributed by atoms with Gasteiger partial charge in [-0.2, -0.15) is 11.8 Å². The number of carbonyl (C=O) groups is 5. The maximum atomic E-state index is 12.9. The van der Waals surface area contributed by atoms with E-state index in [4.69, 9.17) is 16.6 Å². The lowest BCUT2D eigenvalue weighted by Gasteiger charge is -2.26. The third-order valence-electron chi connectivity index (χ3n) is 5.06. The van der Waals surface area contributed by atoms with Crippen molar-refractivity contribution >= 4 is 41.4 Å². The molecule has 34 heavy (non-hydrogen) atoms. The van der Waals surface area contributed by atoms with Crippen LogP contribution in [-0.2, 0) is 24.0 Å². The van der Waals surface area contributed by atoms with Gasteiger partial charge in [0.2, 0.25) is 17.7 Å². The molecule has 0 aliphatic carbocycles. The first-order valence-electron chi connectivity index (χ1n) is 11.2. The van der Waals surface area contributed by atoms with Crippen LogP contribution in [-0.4, -0.2) is 82.6 Å². The molecule has 0 saturated carbocycles. The maximum absolute atomic E-state index is 12.9. The third-order valence-corrected chi connectivity index (χ3v) is 5.70. The molecule has 0 aromatic heterocycles. The van der Waals surface area contributed by atoms with Gasteiger partial charge in [-0.1, -0.05) is 13.8 Å². The summed E-state index contributed by atoms with van der Waals surface area (Å²) >= 11 is 1.50. The molecule has 0 heterocycles. The van der Waals surface area contributed by atoms with Crippen LogP contribution in [0.3, 0.4) is 0 Å². The predicted octanol–water partition coefficient (Wildman–Crippen LogP) is -0.744. The van der Waals surface area contributed by atoms with Gasteiger partial charge in [-0.15, -0.1) is 0 Å². The molecule has 0 aliphatic heterocycles. The molecule has 0 bridgehead atoms. The Kier molecular flexibility index (Phi) is 15.9. The van der Waals surface area contributed by atoms with E-state index in [-0.39, 0.29) is 12.8 Å². The molecule has 0 radical (unpaired) electrons. The molecule has 0 aromatic carbocycles. The topological polar surface area (TPSA) is 214 Å². The minimum atomic E-state index is -1.23. The monoisotopic (exact) mass is 505 g/mol. The van der Waals surface area contributed by atoms with Gasteiger partial charge < -0.3 is 37.6 Å². The van der Waals surface area contributed by atoms with Crippen molar-refractivity contribution < 1.29 is 34.2 Å². The van der Waals surface area contributed by atoms with E-state index in [1.807, 2.05) is 6.26 Å². The lowest BCUT2D eigenvalue weighted by atomic mass is 10.0. The zero-order chi connectivity index (χ0) is 26.3. The summed E-state index contributed by atoms with van der Waals surface area (Å²) < 4.78 is 0. The van der Waals surface area contributed by atoms with Crippen molar-refractivity contribution in [3.63, 3.8) is 0 Å². The Hall–Kier alpha value is -2.38. The number of thioether (sulfide) groups is 1. The van der Waals surface area contributed by atoms with Gasteiger partial charge in [0.05, 0.1) is 6.04 Å². The second kappa shape index (κ2) is 17.1. The van der Waals surface area contributed by atoms with Crippen molar-refractivity contribution in [2.75, 3.05) is 18.6 Å². The van der Waals surface area contributed by atoms with Crippen molar-refractivity contribution in [3.8, 4) is 0 Å². The first kappa shape index (κ1) is 31.6. The highest BCUT2D eigenvalue weighted by Crippen LogP contribution is 2.08. The minimum Gasteiger partial charge on any atom is -0.481 e. The largest absolute Gasteiger partial charge is 0.481 e. The number of aliphatic carboxylic acids is 2. The zero-order valence-electron chi connectivity index (χ0n) is 20.0. The van der Waals surface area contributed by atoms with E-state index in [9.17, 15) is 29.1 Å². The Morgan fingerprint density at radius 3 is 1.91 bits per heavy atom. The van der Waals surface area contributed by atoms with Crippen molar-refractivity contribution in [1.29, 1.82) is 0 Å². The van der Waals surface area contributed by atoms with Crippen LogP contribution in [0.1, 0.15) is 52.4 Å². The Morgan fingerprint density at radius 1 is 0.853 bits per heavy atom. The molecule has 13 heteroatoms. The van der Waals surface area contributed by atoms with Crippen molar-refractivity contribution in [3.05, 3.63) is 0 Å². The predicted molar refractivity (Wildman–Crippen MR) is 129 cm³/mol. The molecular weight excluding hydrogens is 466 g/mol. The molecule has 9 N–H and O–H groups in total. The van der Waals surface area contributed by atoms with Crippen molar-refractivity contribution in [1.82, 2.24) is 16.0 Å². The summed E-state index contributed by atoms with van der Waals surface area (Å²) in [5.74, 6) is -4.17. The van der Waals surface area contributed by atoms with Crippen molar-refractivity contribution in [2.24, 2.45) is 17.4 Å². The summed E-state index contributed by atoms with van der Waals surface area (Å²) in [6, 6.07) is -4.35. The van der Waals surface area contributed by atoms with E-state index in [0.29, 0.717) is 31.6 Å². The van der Waals surface area contributed by atoms with Crippen LogP contribution < -0.4 is 27.4 Å². The second-order valence-corrected chi connectivity index (χ2v) is 9.28. The van der Waals surface area contributed by atoms with Gasteiger partial charge in [-0.05, 0) is 56.6 Å². The highest BCUT2D eigenvalue weighted by molar-refractivity contribution is 7.98. The van der Waals surface area contributed by atoms with Crippen LogP contribution >= 0.6 is 11.8 Å². The number of carboxylic acids is 2. The highest BCUT2D eigenvalue weighted by atomic mass is 32.2. The highest BCUT2D eigenvalue weighted by Gasteiger charge is 2.31. The number of hydrogen-bond acceptors (Lipinski definition) is 8. The van der Waals surface area contributed by atoms with Crippen LogP contribution in [0, 0.1) is 5.92 Å². The number of nitrogens with one attached hydrogen (secondary N) is 3. The quantitative estimate of drug-likeness (QED) is 0.116. The minimum absolute atomic E-state index is 0.187. The van der Waals surface area contributed by atoms with E-state index in [1.54, 1.807) is 13.8 Å². The second-order valence-electron chi connectivity index (χ2n) is 8.30. The number of unbranched alkanes of at least 4 members (excludes halogenated alkanes) is 1. The zero-order valence-corrected chi connectivity index (χ0v) is 20.9. The summed E-state index contributed by atoms with van der Waals surface area (Å²) in [5, 5.41) is 25.8. The summed E-state index contributed by atoms with van der Waals surface area (Å²) in [6.07, 6.45) is 2.88. The van der Waals surface area contributed by atoms with Gasteiger partial charge in [-0.3, -0.25) is 19.2 Å². The smallest absolute Gasteiger partial charge is 0.326 e. The van der Waals surface area contributed by atoms with E-state index < -0.39 is 66.2 Å². The summed E-state index contributed by atoms with van der Waals surface area (Å²) in [4.78, 5) is 60.7. The summed E-state index contributed by atoms with van der Waals surface area (Å²) in [7, 11) is 0. The van der Waals surface area contributed by atoms with Gasteiger partial charge in [0, 0.05) is 6.42 Å². The number of amides is 3. The molecular formula is C21H39N5O7S. The molecule has 0 aromatic rings. The molecule has 0 aliphatic rings. The Morgan fingerprint density at radius 2 is 1.41 bits per heavy atom. The molecule has 0 saturated heterocycles. The Bertz CT molecular complexity index is 692. The van der Waals surface area contributed by atoms with E-state index >= 15 is 0 Å². The van der Waals surface area contributed by atoms with Gasteiger partial charge in [0.25, 0.3) is 0 Å². The lowest BCUT2D eigenvalue weighted by Crippen LogP contribution is -2.57. The van der Waals surface area contributed by atoms with Gasteiger partial charge in [0.1, 0.15) is 18.1 Å². The van der Waals surface area contributed by atoms with Gasteiger partial charge in [0.15, 0.2) is 0 Å². The van der Waals surface area contributed by atoms with E-state index in [1.165, 1.54) is 11.8 Å². The summed E-state index contributed by atoms with van der Waals surface area (Å²) in [5.41, 5.74) is 11.3. The Labute approximate surface area is 204 Å². The number of nitrogens with two attached hydrogens (primary N) is 2. The van der Waals surface area contributed by atoms with Crippen LogP contribution in [0.4, 0.5) is 0 Å². The van der Waals surface area contributed by atoms with Gasteiger partial charge in [-0.25, -0.2) is 4.79 Å². The van der Waals surface area contributed by atoms with Crippen LogP contribution in [0.5, 0.6) is 0 Å². The van der Waals surface area contributed by atoms with Crippen LogP contribution in [0.2, 0.25) is 0 Å². The standard InChI is InChI=1S/C21H39N5O7S/c1-12(2)17(21(32)33)26-20(31)14(6-4-5-10-22)25-19(30)15(7-8-16(27)28)24-18(29)13(23)9-11-34-3/h12-15,17H,4-11,22-23H2,1-3H3,(H,24,29)(H,25,30)(H,26,31)(H,27,28)(H,32,33). The fourth-order valence-corrected chi connectivity index (χ4v) is 3.48. The average Bonchev–Trinajstić information content (AvgIpc) is 2.76. The van der Waals surface area contributed by atoms with E-state index in [0.717, 1.165) is 0 Å². The molecule has 0 fully saturated rings. The molecule has 3 amide bonds. The number of carbonyl (C=O) groups excluding carboxylic acids is 3. The lowest BCUT2D eigenvalue weighted by molar-refractivity contribution is -0.143.